The van der Waals surface area contributed by atoms with Crippen LogP contribution in [-0.4, -0.2) is 28.2 Å². The Kier molecular flexibility index (Phi) is 5.15. The van der Waals surface area contributed by atoms with Crippen LogP contribution in [0.25, 0.3) is 16.6 Å². The summed E-state index contributed by atoms with van der Waals surface area (Å²) in [5, 5.41) is 1.93. The van der Waals surface area contributed by atoms with Crippen LogP contribution in [0, 0.1) is 0 Å². The highest BCUT2D eigenvalue weighted by Gasteiger charge is 2.39. The molecule has 0 spiro atoms. The van der Waals surface area contributed by atoms with Crippen molar-refractivity contribution in [1.82, 2.24) is 15.0 Å². The molecule has 30 heavy (non-hydrogen) atoms. The van der Waals surface area contributed by atoms with Crippen molar-refractivity contribution in [2.45, 2.75) is 19.5 Å². The Hall–Kier alpha value is -3.07. The molecule has 1 N–H and O–H groups in total. The standard InChI is InChI=1S/C20H16ClF3N4O2/c1-3-12-16-14(15(17(21)26-12)20(22,23)24)18-25-10(2)11-6-4-5-7-13(11)29-8-9-30-19(27-16)28-18/h4-7H,2-3,8-9H2,1H3,(H,25,27,28). The van der Waals surface area contributed by atoms with Gasteiger partial charge < -0.3 is 14.8 Å². The highest BCUT2D eigenvalue weighted by Crippen LogP contribution is 2.43. The molecule has 6 nitrogen and oxygen atoms in total. The number of hydrogen-bond donors (Lipinski definition) is 1. The third kappa shape index (κ3) is 3.60. The first kappa shape index (κ1) is 20.2. The Bertz CT molecular complexity index is 1150. The van der Waals surface area contributed by atoms with Crippen LogP contribution in [0.1, 0.15) is 23.7 Å². The molecule has 1 aliphatic heterocycles. The van der Waals surface area contributed by atoms with E-state index in [0.717, 1.165) is 0 Å². The highest BCUT2D eigenvalue weighted by molar-refractivity contribution is 6.31. The predicted molar refractivity (Wildman–Crippen MR) is 107 cm³/mol. The number of fused-ring (bicyclic) bond motifs is 5. The molecule has 0 aliphatic carbocycles. The Labute approximate surface area is 174 Å². The summed E-state index contributed by atoms with van der Waals surface area (Å²) in [6, 6.07) is 6.93. The summed E-state index contributed by atoms with van der Waals surface area (Å²) in [6.07, 6.45) is -4.45. The average molecular weight is 437 g/mol. The zero-order valence-electron chi connectivity index (χ0n) is 15.8. The minimum atomic E-state index is -4.77. The predicted octanol–water partition coefficient (Wildman–Crippen LogP) is 5.11. The van der Waals surface area contributed by atoms with Crippen LogP contribution in [-0.2, 0) is 12.6 Å². The molecule has 0 unspecified atom stereocenters. The van der Waals surface area contributed by atoms with Crippen LogP contribution in [0.5, 0.6) is 11.8 Å². The second kappa shape index (κ2) is 7.64. The van der Waals surface area contributed by atoms with Gasteiger partial charge in [0.05, 0.1) is 11.1 Å². The van der Waals surface area contributed by atoms with Crippen molar-refractivity contribution in [1.29, 1.82) is 0 Å². The van der Waals surface area contributed by atoms with Crippen LogP contribution in [0.4, 0.5) is 19.0 Å². The SMILES string of the molecule is C=C1Nc2nc(nc3c(CC)nc(Cl)c(C(F)(F)F)c23)OCCOc2ccccc21. The molecule has 3 aromatic rings. The molecule has 2 bridgehead atoms. The molecule has 0 fully saturated rings. The summed E-state index contributed by atoms with van der Waals surface area (Å²) in [5.41, 5.74) is 0.0886. The van der Waals surface area contributed by atoms with Gasteiger partial charge in [0.15, 0.2) is 0 Å². The zero-order chi connectivity index (χ0) is 21.5. The van der Waals surface area contributed by atoms with Crippen molar-refractivity contribution in [2.75, 3.05) is 18.5 Å². The lowest BCUT2D eigenvalue weighted by Crippen LogP contribution is -2.14. The largest absolute Gasteiger partial charge is 0.489 e. The average Bonchev–Trinajstić information content (AvgIpc) is 2.71. The Balaban J connectivity index is 2.02. The van der Waals surface area contributed by atoms with Gasteiger partial charge in [0.1, 0.15) is 41.0 Å². The Morgan fingerprint density at radius 2 is 1.87 bits per heavy atom. The number of hydrogen-bond acceptors (Lipinski definition) is 6. The van der Waals surface area contributed by atoms with Crippen molar-refractivity contribution in [3.8, 4) is 11.8 Å². The maximum absolute atomic E-state index is 13.9. The number of nitrogens with one attached hydrogen (secondary N) is 1. The number of benzene rings is 1. The normalized spacial score (nSPS) is 14.2. The van der Waals surface area contributed by atoms with Gasteiger partial charge in [0.25, 0.3) is 0 Å². The lowest BCUT2D eigenvalue weighted by molar-refractivity contribution is -0.136. The maximum Gasteiger partial charge on any atom is 0.420 e. The van der Waals surface area contributed by atoms with Gasteiger partial charge in [-0.2, -0.15) is 23.1 Å². The summed E-state index contributed by atoms with van der Waals surface area (Å²) >= 11 is 5.95. The van der Waals surface area contributed by atoms with Crippen molar-refractivity contribution in [3.05, 3.63) is 52.8 Å². The fourth-order valence-electron chi connectivity index (χ4n) is 3.21. The summed E-state index contributed by atoms with van der Waals surface area (Å²) in [4.78, 5) is 12.3. The van der Waals surface area contributed by atoms with Gasteiger partial charge in [-0.1, -0.05) is 37.2 Å². The van der Waals surface area contributed by atoms with Crippen LogP contribution in [0.15, 0.2) is 30.8 Å². The number of anilines is 1. The van der Waals surface area contributed by atoms with Crippen molar-refractivity contribution < 1.29 is 22.6 Å². The second-order valence-corrected chi connectivity index (χ2v) is 6.81. The molecule has 0 atom stereocenters. The van der Waals surface area contributed by atoms with E-state index < -0.39 is 16.9 Å². The monoisotopic (exact) mass is 436 g/mol. The first-order chi connectivity index (χ1) is 14.3. The quantitative estimate of drug-likeness (QED) is 0.534. The van der Waals surface area contributed by atoms with Gasteiger partial charge in [0, 0.05) is 11.3 Å². The molecule has 156 valence electrons. The first-order valence-corrected chi connectivity index (χ1v) is 9.45. The van der Waals surface area contributed by atoms with Crippen LogP contribution >= 0.6 is 11.6 Å². The van der Waals surface area contributed by atoms with E-state index in [2.05, 4.69) is 26.8 Å². The molecule has 1 aromatic carbocycles. The summed E-state index contributed by atoms with van der Waals surface area (Å²) in [5.74, 6) is 0.388. The molecule has 0 saturated carbocycles. The lowest BCUT2D eigenvalue weighted by Gasteiger charge is -2.18. The van der Waals surface area contributed by atoms with Gasteiger partial charge in [-0.05, 0) is 18.6 Å². The molecule has 0 radical (unpaired) electrons. The summed E-state index contributed by atoms with van der Waals surface area (Å²) in [6.45, 7) is 5.99. The minimum Gasteiger partial charge on any atom is -0.489 e. The van der Waals surface area contributed by atoms with Crippen LogP contribution in [0.3, 0.4) is 0 Å². The molecule has 3 heterocycles. The van der Waals surface area contributed by atoms with E-state index in [1.165, 1.54) is 0 Å². The minimum absolute atomic E-state index is 0.0166. The van der Waals surface area contributed by atoms with E-state index in [1.807, 2.05) is 0 Å². The lowest BCUT2D eigenvalue weighted by atomic mass is 10.1. The zero-order valence-corrected chi connectivity index (χ0v) is 16.6. The van der Waals surface area contributed by atoms with E-state index in [0.29, 0.717) is 29.1 Å². The number of ether oxygens (including phenoxy) is 2. The van der Waals surface area contributed by atoms with Crippen LogP contribution < -0.4 is 14.8 Å². The summed E-state index contributed by atoms with van der Waals surface area (Å²) < 4.78 is 52.9. The van der Waals surface area contributed by atoms with E-state index in [-0.39, 0.29) is 35.9 Å². The maximum atomic E-state index is 13.9. The number of para-hydroxylation sites is 1. The Morgan fingerprint density at radius 3 is 2.60 bits per heavy atom. The topological polar surface area (TPSA) is 69.2 Å². The molecule has 1 aliphatic rings. The molecule has 10 heteroatoms. The third-order valence-electron chi connectivity index (χ3n) is 4.52. The molecule has 2 aromatic heterocycles. The van der Waals surface area contributed by atoms with Crippen LogP contribution in [0.2, 0.25) is 5.15 Å². The number of aromatic nitrogens is 3. The van der Waals surface area contributed by atoms with E-state index in [9.17, 15) is 13.2 Å². The molecule has 0 saturated heterocycles. The van der Waals surface area contributed by atoms with Crippen molar-refractivity contribution in [3.63, 3.8) is 0 Å². The highest BCUT2D eigenvalue weighted by atomic mass is 35.5. The molecule has 4 rings (SSSR count). The van der Waals surface area contributed by atoms with Gasteiger partial charge in [-0.15, -0.1) is 0 Å². The number of rotatable bonds is 1. The number of halogens is 4. The van der Waals surface area contributed by atoms with E-state index >= 15 is 0 Å². The number of aryl methyl sites for hydroxylation is 1. The fourth-order valence-corrected chi connectivity index (χ4v) is 3.52. The van der Waals surface area contributed by atoms with Gasteiger partial charge in [-0.3, -0.25) is 0 Å². The van der Waals surface area contributed by atoms with Gasteiger partial charge in [-0.25, -0.2) is 4.98 Å². The fraction of sp³-hybridized carbons (Fsp3) is 0.250. The van der Waals surface area contributed by atoms with E-state index in [4.69, 9.17) is 21.1 Å². The number of alkyl halides is 3. The molecular formula is C20H16ClF3N4O2. The second-order valence-electron chi connectivity index (χ2n) is 6.45. The number of nitrogens with zero attached hydrogens (tertiary/aromatic N) is 3. The first-order valence-electron chi connectivity index (χ1n) is 9.07. The smallest absolute Gasteiger partial charge is 0.420 e. The van der Waals surface area contributed by atoms with Crippen molar-refractivity contribution in [2.24, 2.45) is 0 Å². The van der Waals surface area contributed by atoms with Crippen molar-refractivity contribution >= 4 is 34.0 Å². The van der Waals surface area contributed by atoms with E-state index in [1.54, 1.807) is 31.2 Å². The molecule has 0 amide bonds. The Morgan fingerprint density at radius 1 is 1.13 bits per heavy atom. The van der Waals surface area contributed by atoms with Gasteiger partial charge >= 0.3 is 12.2 Å². The van der Waals surface area contributed by atoms with Gasteiger partial charge in [0.2, 0.25) is 0 Å². The summed E-state index contributed by atoms with van der Waals surface area (Å²) in [7, 11) is 0. The molecular weight excluding hydrogens is 421 g/mol. The number of pyridine rings is 1. The third-order valence-corrected chi connectivity index (χ3v) is 4.80.